The first-order valence-corrected chi connectivity index (χ1v) is 5.37. The van der Waals surface area contributed by atoms with Crippen LogP contribution in [0.25, 0.3) is 0 Å². The second-order valence-electron chi connectivity index (χ2n) is 3.87. The molecule has 1 rings (SSSR count). The number of aromatic nitrogens is 1. The van der Waals surface area contributed by atoms with E-state index in [1.54, 1.807) is 6.20 Å². The van der Waals surface area contributed by atoms with Gasteiger partial charge in [-0.05, 0) is 25.1 Å². The summed E-state index contributed by atoms with van der Waals surface area (Å²) in [5.41, 5.74) is 0.840. The highest BCUT2D eigenvalue weighted by Gasteiger charge is 2.09. The maximum absolute atomic E-state index is 12.9. The topological polar surface area (TPSA) is 39.9 Å². The molecule has 86 valence electrons. The Bertz CT molecular complexity index is 373. The molecule has 0 saturated carbocycles. The average molecular weight is 221 g/mol. The summed E-state index contributed by atoms with van der Waals surface area (Å²) in [7, 11) is 0. The summed E-state index contributed by atoms with van der Waals surface area (Å²) >= 11 is 0. The van der Waals surface area contributed by atoms with Crippen molar-refractivity contribution in [3.05, 3.63) is 29.8 Å². The van der Waals surface area contributed by atoms with Crippen molar-refractivity contribution in [1.29, 1.82) is 5.26 Å². The number of pyridine rings is 1. The summed E-state index contributed by atoms with van der Waals surface area (Å²) in [6, 6.07) is 3.67. The van der Waals surface area contributed by atoms with E-state index in [-0.39, 0.29) is 11.7 Å². The molecule has 0 bridgehead atoms. The van der Waals surface area contributed by atoms with Gasteiger partial charge in [-0.25, -0.2) is 4.39 Å². The fraction of sp³-hybridized carbons (Fsp3) is 0.500. The second-order valence-corrected chi connectivity index (χ2v) is 3.87. The molecule has 4 heteroatoms. The van der Waals surface area contributed by atoms with E-state index in [1.807, 2.05) is 13.8 Å². The van der Waals surface area contributed by atoms with E-state index in [4.69, 9.17) is 5.26 Å². The summed E-state index contributed by atoms with van der Waals surface area (Å²) in [4.78, 5) is 5.91. The van der Waals surface area contributed by atoms with Gasteiger partial charge in [0.25, 0.3) is 0 Å². The van der Waals surface area contributed by atoms with E-state index in [0.717, 1.165) is 12.1 Å². The van der Waals surface area contributed by atoms with Gasteiger partial charge in [0.2, 0.25) is 0 Å². The zero-order valence-electron chi connectivity index (χ0n) is 9.65. The molecule has 16 heavy (non-hydrogen) atoms. The molecule has 1 aromatic rings. The maximum atomic E-state index is 12.9. The molecule has 0 aliphatic carbocycles. The van der Waals surface area contributed by atoms with Crippen molar-refractivity contribution < 1.29 is 4.39 Å². The summed E-state index contributed by atoms with van der Waals surface area (Å²) < 4.78 is 12.9. The lowest BCUT2D eigenvalue weighted by molar-refractivity contribution is 0.260. The first-order chi connectivity index (χ1) is 7.65. The quantitative estimate of drug-likeness (QED) is 0.765. The SMILES string of the molecule is CCN(Cc1cncc(F)c1)CC(C)C#N. The molecular formula is C12H16FN3. The number of hydrogen-bond donors (Lipinski definition) is 0. The van der Waals surface area contributed by atoms with Gasteiger partial charge in [0.15, 0.2) is 0 Å². The smallest absolute Gasteiger partial charge is 0.141 e. The van der Waals surface area contributed by atoms with Crippen molar-refractivity contribution in [1.82, 2.24) is 9.88 Å². The lowest BCUT2D eigenvalue weighted by Crippen LogP contribution is -2.27. The van der Waals surface area contributed by atoms with Crippen molar-refractivity contribution in [3.63, 3.8) is 0 Å². The van der Waals surface area contributed by atoms with Gasteiger partial charge in [-0.1, -0.05) is 6.92 Å². The molecule has 1 aromatic heterocycles. The second kappa shape index (κ2) is 6.19. The van der Waals surface area contributed by atoms with Gasteiger partial charge in [-0.2, -0.15) is 5.26 Å². The lowest BCUT2D eigenvalue weighted by atomic mass is 10.2. The van der Waals surface area contributed by atoms with E-state index >= 15 is 0 Å². The Balaban J connectivity index is 2.60. The van der Waals surface area contributed by atoms with Crippen LogP contribution in [-0.4, -0.2) is 23.0 Å². The van der Waals surface area contributed by atoms with Crippen LogP contribution < -0.4 is 0 Å². The Morgan fingerprint density at radius 1 is 1.56 bits per heavy atom. The third-order valence-electron chi connectivity index (χ3n) is 2.37. The Morgan fingerprint density at radius 2 is 2.31 bits per heavy atom. The zero-order valence-corrected chi connectivity index (χ0v) is 9.65. The molecule has 1 heterocycles. The molecule has 0 aliphatic rings. The maximum Gasteiger partial charge on any atom is 0.141 e. The number of hydrogen-bond acceptors (Lipinski definition) is 3. The largest absolute Gasteiger partial charge is 0.298 e. The minimum Gasteiger partial charge on any atom is -0.298 e. The highest BCUT2D eigenvalue weighted by atomic mass is 19.1. The molecule has 1 atom stereocenters. The predicted octanol–water partition coefficient (Wildman–Crippen LogP) is 2.20. The van der Waals surface area contributed by atoms with E-state index in [1.165, 1.54) is 12.3 Å². The summed E-state index contributed by atoms with van der Waals surface area (Å²) in [5.74, 6) is -0.330. The molecule has 0 N–H and O–H groups in total. The van der Waals surface area contributed by atoms with Crippen LogP contribution in [0.3, 0.4) is 0 Å². The highest BCUT2D eigenvalue weighted by Crippen LogP contribution is 2.07. The van der Waals surface area contributed by atoms with Crippen molar-refractivity contribution >= 4 is 0 Å². The first-order valence-electron chi connectivity index (χ1n) is 5.37. The van der Waals surface area contributed by atoms with E-state index in [2.05, 4.69) is 16.0 Å². The molecule has 0 aliphatic heterocycles. The van der Waals surface area contributed by atoms with Crippen LogP contribution in [0.5, 0.6) is 0 Å². The van der Waals surface area contributed by atoms with Crippen LogP contribution in [0.4, 0.5) is 4.39 Å². The molecule has 0 aromatic carbocycles. The summed E-state index contributed by atoms with van der Waals surface area (Å²) in [5, 5.41) is 8.74. The third kappa shape index (κ3) is 3.95. The fourth-order valence-corrected chi connectivity index (χ4v) is 1.53. The van der Waals surface area contributed by atoms with Gasteiger partial charge in [0.05, 0.1) is 18.2 Å². The van der Waals surface area contributed by atoms with Crippen molar-refractivity contribution in [2.24, 2.45) is 5.92 Å². The molecule has 0 amide bonds. The average Bonchev–Trinajstić information content (AvgIpc) is 2.28. The Hall–Kier alpha value is -1.47. The van der Waals surface area contributed by atoms with Gasteiger partial charge in [-0.3, -0.25) is 9.88 Å². The zero-order chi connectivity index (χ0) is 12.0. The van der Waals surface area contributed by atoms with E-state index in [9.17, 15) is 4.39 Å². The number of nitriles is 1. The van der Waals surface area contributed by atoms with E-state index < -0.39 is 0 Å². The van der Waals surface area contributed by atoms with Crippen molar-refractivity contribution in [2.75, 3.05) is 13.1 Å². The van der Waals surface area contributed by atoms with Crippen molar-refractivity contribution in [2.45, 2.75) is 20.4 Å². The van der Waals surface area contributed by atoms with Gasteiger partial charge in [-0.15, -0.1) is 0 Å². The van der Waals surface area contributed by atoms with Gasteiger partial charge < -0.3 is 0 Å². The molecule has 0 fully saturated rings. The molecular weight excluding hydrogens is 205 g/mol. The highest BCUT2D eigenvalue weighted by molar-refractivity contribution is 5.10. The standard InChI is InChI=1S/C12H16FN3/c1-3-16(8-10(2)5-14)9-11-4-12(13)7-15-6-11/h4,6-7,10H,3,8-9H2,1-2H3. The fourth-order valence-electron chi connectivity index (χ4n) is 1.53. The first kappa shape index (κ1) is 12.6. The van der Waals surface area contributed by atoms with Gasteiger partial charge in [0.1, 0.15) is 5.82 Å². The summed E-state index contributed by atoms with van der Waals surface area (Å²) in [6.45, 7) is 6.07. The van der Waals surface area contributed by atoms with Gasteiger partial charge in [0, 0.05) is 19.3 Å². The normalized spacial score (nSPS) is 12.4. The molecule has 0 radical (unpaired) electrons. The van der Waals surface area contributed by atoms with Crippen LogP contribution in [-0.2, 0) is 6.54 Å². The lowest BCUT2D eigenvalue weighted by Gasteiger charge is -2.21. The van der Waals surface area contributed by atoms with Crippen molar-refractivity contribution in [3.8, 4) is 6.07 Å². The Kier molecular flexibility index (Phi) is 4.87. The predicted molar refractivity (Wildman–Crippen MR) is 59.9 cm³/mol. The minimum atomic E-state index is -0.318. The van der Waals surface area contributed by atoms with E-state index in [0.29, 0.717) is 13.1 Å². The number of halogens is 1. The Morgan fingerprint density at radius 3 is 2.88 bits per heavy atom. The minimum absolute atomic E-state index is 0.0125. The monoisotopic (exact) mass is 221 g/mol. The number of nitrogens with zero attached hydrogens (tertiary/aromatic N) is 3. The molecule has 0 saturated heterocycles. The third-order valence-corrected chi connectivity index (χ3v) is 2.37. The summed E-state index contributed by atoms with van der Waals surface area (Å²) in [6.07, 6.45) is 2.85. The number of rotatable bonds is 5. The van der Waals surface area contributed by atoms with Crippen LogP contribution in [0.15, 0.2) is 18.5 Å². The van der Waals surface area contributed by atoms with Crippen LogP contribution >= 0.6 is 0 Å². The molecule has 0 spiro atoms. The van der Waals surface area contributed by atoms with Gasteiger partial charge >= 0.3 is 0 Å². The Labute approximate surface area is 95.5 Å². The molecule has 1 unspecified atom stereocenters. The van der Waals surface area contributed by atoms with Crippen LogP contribution in [0.1, 0.15) is 19.4 Å². The molecule has 3 nitrogen and oxygen atoms in total. The van der Waals surface area contributed by atoms with Crippen LogP contribution in [0, 0.1) is 23.1 Å². The van der Waals surface area contributed by atoms with Crippen LogP contribution in [0.2, 0.25) is 0 Å².